The number of carboxylic acid groups (broad SMARTS) is 1. The lowest BCUT2D eigenvalue weighted by atomic mass is 9.75. The van der Waals surface area contributed by atoms with Crippen LogP contribution in [0.5, 0.6) is 0 Å². The molecule has 2 aliphatic rings. The molecule has 0 spiro atoms. The number of unbranched alkanes of at least 4 members (excludes halogenated alkanes) is 1. The van der Waals surface area contributed by atoms with Gasteiger partial charge in [-0.2, -0.15) is 0 Å². The molecular weight excluding hydrogens is 244 g/mol. The second kappa shape index (κ2) is 6.53. The fourth-order valence-electron chi connectivity index (χ4n) is 3.53. The molecule has 0 radical (unpaired) electrons. The molecule has 0 aromatic heterocycles. The molecule has 0 aromatic carbocycles. The van der Waals surface area contributed by atoms with Gasteiger partial charge in [0, 0.05) is 12.3 Å². The molecule has 2 rings (SSSR count). The van der Waals surface area contributed by atoms with Crippen molar-refractivity contribution < 1.29 is 19.7 Å². The van der Waals surface area contributed by atoms with E-state index in [2.05, 4.69) is 12.2 Å². The zero-order valence-corrected chi connectivity index (χ0v) is 11.5. The standard InChI is InChI=1S/C15H24O4/c1-10(16)15-11(12-8-9-13(15)19-12)6-4-2-3-5-7-14(17)18/h2,4,10-13,15-16H,3,5-9H2,1H3,(H,17,18)/b4-2-/t10?,11-,12+,13-,15-/m0/s1. The van der Waals surface area contributed by atoms with Gasteiger partial charge in [0.1, 0.15) is 0 Å². The van der Waals surface area contributed by atoms with Gasteiger partial charge in [-0.05, 0) is 44.9 Å². The summed E-state index contributed by atoms with van der Waals surface area (Å²) in [5, 5.41) is 18.4. The fraction of sp³-hybridized carbons (Fsp3) is 0.800. The molecule has 0 saturated carbocycles. The summed E-state index contributed by atoms with van der Waals surface area (Å²) in [5.74, 6) is -0.0408. The fourth-order valence-corrected chi connectivity index (χ4v) is 3.53. The number of rotatable bonds is 7. The van der Waals surface area contributed by atoms with E-state index in [1.807, 2.05) is 6.92 Å². The number of aliphatic hydroxyl groups excluding tert-OH is 1. The van der Waals surface area contributed by atoms with Crippen LogP contribution in [0.3, 0.4) is 0 Å². The Morgan fingerprint density at radius 2 is 2.11 bits per heavy atom. The van der Waals surface area contributed by atoms with Crippen LogP contribution in [0.4, 0.5) is 0 Å². The number of allylic oxidation sites excluding steroid dienone is 2. The summed E-state index contributed by atoms with van der Waals surface area (Å²) in [7, 11) is 0. The van der Waals surface area contributed by atoms with Crippen molar-refractivity contribution in [2.24, 2.45) is 11.8 Å². The average Bonchev–Trinajstić information content (AvgIpc) is 2.93. The summed E-state index contributed by atoms with van der Waals surface area (Å²) in [6.07, 6.45) is 9.32. The SMILES string of the molecule is CC(O)[C@H]1[C@@H](C/C=C\CCCC(=O)O)[C@H]2CC[C@@H]1O2. The van der Waals surface area contributed by atoms with Crippen molar-refractivity contribution in [1.82, 2.24) is 0 Å². The van der Waals surface area contributed by atoms with E-state index >= 15 is 0 Å². The molecule has 2 heterocycles. The summed E-state index contributed by atoms with van der Waals surface area (Å²) in [6.45, 7) is 1.86. The van der Waals surface area contributed by atoms with Gasteiger partial charge in [0.2, 0.25) is 0 Å². The Bertz CT molecular complexity index is 337. The van der Waals surface area contributed by atoms with E-state index in [-0.39, 0.29) is 24.5 Å². The number of carbonyl (C=O) groups is 1. The smallest absolute Gasteiger partial charge is 0.303 e. The minimum absolute atomic E-state index is 0.234. The Labute approximate surface area is 114 Å². The third kappa shape index (κ3) is 3.57. The van der Waals surface area contributed by atoms with Crippen LogP contribution in [-0.4, -0.2) is 34.5 Å². The Balaban J connectivity index is 1.75. The Hall–Kier alpha value is -0.870. The van der Waals surface area contributed by atoms with E-state index in [1.54, 1.807) is 0 Å². The van der Waals surface area contributed by atoms with Crippen LogP contribution in [-0.2, 0) is 9.53 Å². The molecule has 19 heavy (non-hydrogen) atoms. The van der Waals surface area contributed by atoms with E-state index in [0.29, 0.717) is 18.4 Å². The number of aliphatic hydroxyl groups is 1. The Kier molecular flexibility index (Phi) is 4.99. The summed E-state index contributed by atoms with van der Waals surface area (Å²) >= 11 is 0. The average molecular weight is 268 g/mol. The number of carboxylic acids is 1. The molecule has 0 aromatic rings. The van der Waals surface area contributed by atoms with E-state index in [0.717, 1.165) is 25.7 Å². The van der Waals surface area contributed by atoms with Crippen LogP contribution < -0.4 is 0 Å². The molecule has 5 atom stereocenters. The van der Waals surface area contributed by atoms with Crippen LogP contribution in [0, 0.1) is 11.8 Å². The number of aliphatic carboxylic acids is 1. The van der Waals surface area contributed by atoms with Gasteiger partial charge >= 0.3 is 5.97 Å². The van der Waals surface area contributed by atoms with Gasteiger partial charge < -0.3 is 14.9 Å². The number of hydrogen-bond donors (Lipinski definition) is 2. The first-order chi connectivity index (χ1) is 9.09. The van der Waals surface area contributed by atoms with Gasteiger partial charge in [-0.1, -0.05) is 12.2 Å². The normalized spacial score (nSPS) is 35.1. The maximum atomic E-state index is 10.4. The lowest BCUT2D eigenvalue weighted by molar-refractivity contribution is -0.137. The third-order valence-corrected chi connectivity index (χ3v) is 4.38. The van der Waals surface area contributed by atoms with Gasteiger partial charge in [-0.15, -0.1) is 0 Å². The van der Waals surface area contributed by atoms with Gasteiger partial charge in [-0.3, -0.25) is 4.79 Å². The second-order valence-electron chi connectivity index (χ2n) is 5.77. The number of hydrogen-bond acceptors (Lipinski definition) is 3. The van der Waals surface area contributed by atoms with Crippen LogP contribution in [0.1, 0.15) is 45.4 Å². The summed E-state index contributed by atoms with van der Waals surface area (Å²) in [4.78, 5) is 10.4. The third-order valence-electron chi connectivity index (χ3n) is 4.38. The second-order valence-corrected chi connectivity index (χ2v) is 5.77. The molecule has 2 saturated heterocycles. The first kappa shape index (κ1) is 14.5. The summed E-state index contributed by atoms with van der Waals surface area (Å²) in [5.41, 5.74) is 0. The van der Waals surface area contributed by atoms with E-state index < -0.39 is 5.97 Å². The van der Waals surface area contributed by atoms with Gasteiger partial charge in [0.05, 0.1) is 18.3 Å². The zero-order valence-electron chi connectivity index (χ0n) is 11.5. The quantitative estimate of drug-likeness (QED) is 0.549. The monoisotopic (exact) mass is 268 g/mol. The van der Waals surface area contributed by atoms with Gasteiger partial charge in [-0.25, -0.2) is 0 Å². The van der Waals surface area contributed by atoms with Crippen molar-refractivity contribution >= 4 is 5.97 Å². The molecule has 4 nitrogen and oxygen atoms in total. The van der Waals surface area contributed by atoms with E-state index in [4.69, 9.17) is 9.84 Å². The minimum Gasteiger partial charge on any atom is -0.481 e. The molecular formula is C15H24O4. The highest BCUT2D eigenvalue weighted by atomic mass is 16.5. The van der Waals surface area contributed by atoms with Crippen LogP contribution in [0.15, 0.2) is 12.2 Å². The first-order valence-corrected chi connectivity index (χ1v) is 7.30. The topological polar surface area (TPSA) is 66.8 Å². The molecule has 2 fully saturated rings. The number of fused-ring (bicyclic) bond motifs is 2. The van der Waals surface area contributed by atoms with Crippen molar-refractivity contribution in [2.45, 2.75) is 63.8 Å². The molecule has 1 unspecified atom stereocenters. The van der Waals surface area contributed by atoms with Crippen molar-refractivity contribution in [1.29, 1.82) is 0 Å². The predicted molar refractivity (Wildman–Crippen MR) is 71.8 cm³/mol. The molecule has 108 valence electrons. The van der Waals surface area contributed by atoms with Crippen molar-refractivity contribution in [3.8, 4) is 0 Å². The minimum atomic E-state index is -0.732. The van der Waals surface area contributed by atoms with E-state index in [1.165, 1.54) is 0 Å². The van der Waals surface area contributed by atoms with Gasteiger partial charge in [0.15, 0.2) is 0 Å². The van der Waals surface area contributed by atoms with Crippen molar-refractivity contribution in [3.63, 3.8) is 0 Å². The molecule has 0 amide bonds. The summed E-state index contributed by atoms with van der Waals surface area (Å²) in [6, 6.07) is 0. The molecule has 4 heteroatoms. The van der Waals surface area contributed by atoms with Crippen LogP contribution >= 0.6 is 0 Å². The first-order valence-electron chi connectivity index (χ1n) is 7.30. The lowest BCUT2D eigenvalue weighted by Crippen LogP contribution is -2.34. The van der Waals surface area contributed by atoms with Crippen LogP contribution in [0.2, 0.25) is 0 Å². The van der Waals surface area contributed by atoms with Crippen LogP contribution in [0.25, 0.3) is 0 Å². The highest BCUT2D eigenvalue weighted by Gasteiger charge is 2.49. The lowest BCUT2D eigenvalue weighted by Gasteiger charge is -2.29. The molecule has 2 N–H and O–H groups in total. The highest BCUT2D eigenvalue weighted by Crippen LogP contribution is 2.46. The molecule has 2 bridgehead atoms. The van der Waals surface area contributed by atoms with Crippen molar-refractivity contribution in [3.05, 3.63) is 12.2 Å². The predicted octanol–water partition coefficient (Wildman–Crippen LogP) is 2.36. The number of ether oxygens (including phenoxy) is 1. The maximum absolute atomic E-state index is 10.4. The Morgan fingerprint density at radius 3 is 2.79 bits per heavy atom. The maximum Gasteiger partial charge on any atom is 0.303 e. The van der Waals surface area contributed by atoms with E-state index in [9.17, 15) is 9.90 Å². The summed E-state index contributed by atoms with van der Waals surface area (Å²) < 4.78 is 5.90. The van der Waals surface area contributed by atoms with Crippen molar-refractivity contribution in [2.75, 3.05) is 0 Å². The zero-order chi connectivity index (χ0) is 13.8. The highest BCUT2D eigenvalue weighted by molar-refractivity contribution is 5.66. The Morgan fingerprint density at radius 1 is 1.37 bits per heavy atom. The molecule has 2 aliphatic heterocycles. The largest absolute Gasteiger partial charge is 0.481 e. The van der Waals surface area contributed by atoms with Gasteiger partial charge in [0.25, 0.3) is 0 Å². The molecule has 0 aliphatic carbocycles.